The van der Waals surface area contributed by atoms with Gasteiger partial charge in [0, 0.05) is 0 Å². The molecule has 0 bridgehead atoms. The monoisotopic (exact) mass is 171 g/mol. The second-order valence-electron chi connectivity index (χ2n) is 2.25. The van der Waals surface area contributed by atoms with Crippen LogP contribution in [0.15, 0.2) is 6.20 Å². The van der Waals surface area contributed by atoms with Gasteiger partial charge in [0.05, 0.1) is 30.0 Å². The number of aryl methyl sites for hydroxylation is 1. The summed E-state index contributed by atoms with van der Waals surface area (Å²) in [6.07, 6.45) is 1.47. The molecule has 0 amide bonds. The Labute approximate surface area is 68.6 Å². The second kappa shape index (κ2) is 3.31. The van der Waals surface area contributed by atoms with Gasteiger partial charge in [-0.15, -0.1) is 0 Å². The molecular weight excluding hydrogens is 162 g/mol. The van der Waals surface area contributed by atoms with E-state index in [-0.39, 0.29) is 18.0 Å². The fourth-order valence-electron chi connectivity index (χ4n) is 0.880. The van der Waals surface area contributed by atoms with Gasteiger partial charge in [-0.1, -0.05) is 0 Å². The summed E-state index contributed by atoms with van der Waals surface area (Å²) >= 11 is 0. The highest BCUT2D eigenvalue weighted by Gasteiger charge is 2.18. The maximum atomic E-state index is 10.3. The quantitative estimate of drug-likeness (QED) is 0.524. The first kappa shape index (κ1) is 8.66. The molecule has 6 heteroatoms. The Morgan fingerprint density at radius 2 is 2.50 bits per heavy atom. The number of rotatable bonds is 3. The third-order valence-corrected chi connectivity index (χ3v) is 1.48. The summed E-state index contributed by atoms with van der Waals surface area (Å²) in [7, 11) is 0. The lowest BCUT2D eigenvalue weighted by molar-refractivity contribution is -0.390. The minimum atomic E-state index is -0.599. The number of aliphatic hydroxyl groups is 1. The molecule has 0 aliphatic rings. The van der Waals surface area contributed by atoms with Crippen molar-refractivity contribution in [3.63, 3.8) is 0 Å². The molecule has 0 aromatic carbocycles. The first-order valence-corrected chi connectivity index (χ1v) is 3.50. The summed E-state index contributed by atoms with van der Waals surface area (Å²) in [5.74, 6) is -0.264. The van der Waals surface area contributed by atoms with E-state index in [1.807, 2.05) is 6.92 Å². The molecule has 1 rings (SSSR count). The first-order valence-electron chi connectivity index (χ1n) is 3.50. The van der Waals surface area contributed by atoms with Crippen molar-refractivity contribution in [2.45, 2.75) is 20.1 Å². The normalized spacial score (nSPS) is 10.2. The van der Waals surface area contributed by atoms with Gasteiger partial charge in [-0.3, -0.25) is 0 Å². The number of hydrogen-bond acceptors (Lipinski definition) is 4. The van der Waals surface area contributed by atoms with Crippen molar-refractivity contribution in [1.82, 2.24) is 9.78 Å². The van der Waals surface area contributed by atoms with Gasteiger partial charge in [0.25, 0.3) is 0 Å². The first-order chi connectivity index (χ1) is 5.69. The molecular formula is C6H9N3O3. The van der Waals surface area contributed by atoms with E-state index < -0.39 is 4.92 Å². The zero-order chi connectivity index (χ0) is 9.14. The van der Waals surface area contributed by atoms with Crippen molar-refractivity contribution in [1.29, 1.82) is 0 Å². The summed E-state index contributed by atoms with van der Waals surface area (Å²) in [6.45, 7) is 2.02. The van der Waals surface area contributed by atoms with E-state index in [4.69, 9.17) is 5.11 Å². The maximum absolute atomic E-state index is 10.3. The zero-order valence-corrected chi connectivity index (χ0v) is 6.60. The number of nitro groups is 1. The lowest BCUT2D eigenvalue weighted by Gasteiger charge is -1.88. The van der Waals surface area contributed by atoms with Crippen LogP contribution >= 0.6 is 0 Å². The van der Waals surface area contributed by atoms with Crippen molar-refractivity contribution in [2.24, 2.45) is 0 Å². The SMILES string of the molecule is CCn1cc(CO)c([N+](=O)[O-])n1. The predicted molar refractivity (Wildman–Crippen MR) is 40.5 cm³/mol. The number of hydrogen-bond donors (Lipinski definition) is 1. The lowest BCUT2D eigenvalue weighted by Crippen LogP contribution is -1.96. The van der Waals surface area contributed by atoms with Crippen LogP contribution in [0.3, 0.4) is 0 Å². The van der Waals surface area contributed by atoms with E-state index in [1.54, 1.807) is 0 Å². The minimum Gasteiger partial charge on any atom is -0.391 e. The van der Waals surface area contributed by atoms with Crippen molar-refractivity contribution in [3.8, 4) is 0 Å². The minimum absolute atomic E-state index is 0.252. The fourth-order valence-corrected chi connectivity index (χ4v) is 0.880. The highest BCUT2D eigenvalue weighted by molar-refractivity contribution is 5.28. The zero-order valence-electron chi connectivity index (χ0n) is 6.60. The van der Waals surface area contributed by atoms with Crippen molar-refractivity contribution in [3.05, 3.63) is 21.9 Å². The second-order valence-corrected chi connectivity index (χ2v) is 2.25. The molecule has 0 fully saturated rings. The molecule has 0 atom stereocenters. The van der Waals surface area contributed by atoms with Crippen LogP contribution in [0.25, 0.3) is 0 Å². The Balaban J connectivity index is 3.08. The van der Waals surface area contributed by atoms with Gasteiger partial charge in [0.2, 0.25) is 0 Å². The lowest BCUT2D eigenvalue weighted by atomic mass is 10.3. The third kappa shape index (κ3) is 1.42. The van der Waals surface area contributed by atoms with Crippen molar-refractivity contribution in [2.75, 3.05) is 0 Å². The molecule has 1 aromatic heterocycles. The molecule has 1 N–H and O–H groups in total. The summed E-state index contributed by atoms with van der Waals surface area (Å²) in [5.41, 5.74) is 0.252. The van der Waals surface area contributed by atoms with Crippen LogP contribution < -0.4 is 0 Å². The fraction of sp³-hybridized carbons (Fsp3) is 0.500. The van der Waals surface area contributed by atoms with Gasteiger partial charge >= 0.3 is 5.82 Å². The maximum Gasteiger partial charge on any atom is 0.395 e. The van der Waals surface area contributed by atoms with E-state index in [0.717, 1.165) is 0 Å². The van der Waals surface area contributed by atoms with Gasteiger partial charge in [-0.2, -0.15) is 4.68 Å². The van der Waals surface area contributed by atoms with Crippen LogP contribution in [0.4, 0.5) is 5.82 Å². The Morgan fingerprint density at radius 3 is 2.83 bits per heavy atom. The standard InChI is InChI=1S/C6H9N3O3/c1-2-8-3-5(4-10)6(7-8)9(11)12/h3,10H,2,4H2,1H3. The van der Waals surface area contributed by atoms with Gasteiger partial charge in [0.1, 0.15) is 0 Å². The van der Waals surface area contributed by atoms with E-state index >= 15 is 0 Å². The summed E-state index contributed by atoms with van der Waals surface area (Å²) in [5, 5.41) is 22.7. The smallest absolute Gasteiger partial charge is 0.391 e. The molecule has 0 saturated carbocycles. The van der Waals surface area contributed by atoms with E-state index in [0.29, 0.717) is 6.54 Å². The summed E-state index contributed by atoms with van der Waals surface area (Å²) < 4.78 is 1.42. The third-order valence-electron chi connectivity index (χ3n) is 1.48. The van der Waals surface area contributed by atoms with Crippen LogP contribution in [0.5, 0.6) is 0 Å². The van der Waals surface area contributed by atoms with Gasteiger partial charge < -0.3 is 15.2 Å². The molecule has 66 valence electrons. The topological polar surface area (TPSA) is 81.2 Å². The molecule has 6 nitrogen and oxygen atoms in total. The van der Waals surface area contributed by atoms with E-state index in [9.17, 15) is 10.1 Å². The highest BCUT2D eigenvalue weighted by Crippen LogP contribution is 2.14. The number of nitrogens with zero attached hydrogens (tertiary/aromatic N) is 3. The molecule has 0 spiro atoms. The molecule has 1 heterocycles. The molecule has 0 aliphatic carbocycles. The van der Waals surface area contributed by atoms with Gasteiger partial charge in [0.15, 0.2) is 0 Å². The Morgan fingerprint density at radius 1 is 1.83 bits per heavy atom. The highest BCUT2D eigenvalue weighted by atomic mass is 16.6. The Kier molecular flexibility index (Phi) is 2.39. The average Bonchev–Trinajstić information content (AvgIpc) is 2.47. The van der Waals surface area contributed by atoms with Crippen LogP contribution in [0.1, 0.15) is 12.5 Å². The van der Waals surface area contributed by atoms with Crippen LogP contribution in [0.2, 0.25) is 0 Å². The molecule has 0 radical (unpaired) electrons. The molecule has 12 heavy (non-hydrogen) atoms. The van der Waals surface area contributed by atoms with Crippen molar-refractivity contribution >= 4 is 5.82 Å². The Hall–Kier alpha value is -1.43. The molecule has 0 unspecified atom stereocenters. The van der Waals surface area contributed by atoms with Crippen LogP contribution in [-0.4, -0.2) is 19.8 Å². The van der Waals surface area contributed by atoms with E-state index in [2.05, 4.69) is 5.10 Å². The average molecular weight is 171 g/mol. The number of aliphatic hydroxyl groups excluding tert-OH is 1. The molecule has 1 aromatic rings. The van der Waals surface area contributed by atoms with Crippen LogP contribution in [-0.2, 0) is 13.2 Å². The van der Waals surface area contributed by atoms with Gasteiger partial charge in [-0.25, -0.2) is 0 Å². The summed E-state index contributed by atoms with van der Waals surface area (Å²) in [4.78, 5) is 9.73. The predicted octanol–water partition coefficient (Wildman–Crippen LogP) is 0.303. The summed E-state index contributed by atoms with van der Waals surface area (Å²) in [6, 6.07) is 0. The Bertz CT molecular complexity index is 294. The van der Waals surface area contributed by atoms with Gasteiger partial charge in [-0.05, 0) is 11.8 Å². The van der Waals surface area contributed by atoms with E-state index in [1.165, 1.54) is 10.9 Å². The van der Waals surface area contributed by atoms with Crippen molar-refractivity contribution < 1.29 is 10.0 Å². The molecule has 0 aliphatic heterocycles. The molecule has 0 saturated heterocycles. The van der Waals surface area contributed by atoms with Crippen LogP contribution in [0, 0.1) is 10.1 Å². The largest absolute Gasteiger partial charge is 0.395 e. The number of aromatic nitrogens is 2.